The number of nitrogens with zero attached hydrogens (tertiary/aromatic N) is 2. The lowest BCUT2D eigenvalue weighted by Crippen LogP contribution is -2.32. The van der Waals surface area contributed by atoms with Gasteiger partial charge in [0.15, 0.2) is 6.10 Å². The molecule has 0 aliphatic carbocycles. The fourth-order valence-electron chi connectivity index (χ4n) is 1.07. The van der Waals surface area contributed by atoms with E-state index in [1.165, 1.54) is 6.92 Å². The first-order valence-corrected chi connectivity index (χ1v) is 5.12. The summed E-state index contributed by atoms with van der Waals surface area (Å²) in [6.07, 6.45) is -5.89. The van der Waals surface area contributed by atoms with Crippen LogP contribution in [0.4, 0.5) is 19.0 Å². The van der Waals surface area contributed by atoms with Gasteiger partial charge in [0.05, 0.1) is 5.56 Å². The van der Waals surface area contributed by atoms with Crippen LogP contribution in [0.5, 0.6) is 5.88 Å². The monoisotopic (exact) mass is 249 g/mol. The molecule has 1 aromatic rings. The van der Waals surface area contributed by atoms with Gasteiger partial charge in [0.25, 0.3) is 0 Å². The molecule has 1 aromatic heterocycles. The number of hydrogen-bond acceptors (Lipinski definition) is 4. The van der Waals surface area contributed by atoms with Crippen molar-refractivity contribution < 1.29 is 17.9 Å². The van der Waals surface area contributed by atoms with E-state index in [1.54, 1.807) is 6.92 Å². The van der Waals surface area contributed by atoms with E-state index in [0.717, 1.165) is 6.92 Å². The van der Waals surface area contributed by atoms with E-state index in [2.05, 4.69) is 9.97 Å². The van der Waals surface area contributed by atoms with Crippen molar-refractivity contribution in [3.63, 3.8) is 0 Å². The largest absolute Gasteiger partial charge is 0.465 e. The molecule has 7 heteroatoms. The maximum absolute atomic E-state index is 12.3. The van der Waals surface area contributed by atoms with E-state index in [1.807, 2.05) is 0 Å². The molecule has 0 aliphatic heterocycles. The third-order valence-corrected chi connectivity index (χ3v) is 2.25. The van der Waals surface area contributed by atoms with Crippen LogP contribution in [0.1, 0.15) is 25.2 Å². The predicted octanol–water partition coefficient (Wildman–Crippen LogP) is 2.26. The van der Waals surface area contributed by atoms with E-state index < -0.39 is 12.3 Å². The zero-order chi connectivity index (χ0) is 13.2. The zero-order valence-electron chi connectivity index (χ0n) is 9.80. The molecule has 0 aromatic carbocycles. The van der Waals surface area contributed by atoms with E-state index in [-0.39, 0.29) is 11.7 Å². The van der Waals surface area contributed by atoms with Gasteiger partial charge < -0.3 is 10.5 Å². The van der Waals surface area contributed by atoms with E-state index in [0.29, 0.717) is 17.8 Å². The van der Waals surface area contributed by atoms with Crippen LogP contribution < -0.4 is 10.5 Å². The summed E-state index contributed by atoms with van der Waals surface area (Å²) in [5.41, 5.74) is 5.89. The highest BCUT2D eigenvalue weighted by Gasteiger charge is 2.38. The minimum Gasteiger partial charge on any atom is -0.465 e. The van der Waals surface area contributed by atoms with Gasteiger partial charge in [-0.05, 0) is 13.8 Å². The average Bonchev–Trinajstić information content (AvgIpc) is 2.22. The quantitative estimate of drug-likeness (QED) is 0.892. The standard InChI is InChI=1S/C10H14F3N3O/c1-4-7-15-8(14)5(2)9(16-7)17-6(3)10(11,12)13/h6H,4H2,1-3H3,(H2,14,15,16). The van der Waals surface area contributed by atoms with Crippen LogP contribution in [0.3, 0.4) is 0 Å². The lowest BCUT2D eigenvalue weighted by Gasteiger charge is -2.18. The lowest BCUT2D eigenvalue weighted by atomic mass is 10.3. The van der Waals surface area contributed by atoms with Crippen LogP contribution in [0, 0.1) is 6.92 Å². The van der Waals surface area contributed by atoms with Gasteiger partial charge in [-0.2, -0.15) is 18.2 Å². The zero-order valence-corrected chi connectivity index (χ0v) is 9.80. The highest BCUT2D eigenvalue weighted by molar-refractivity contribution is 5.44. The van der Waals surface area contributed by atoms with Crippen LogP contribution >= 0.6 is 0 Å². The van der Waals surface area contributed by atoms with E-state index in [9.17, 15) is 13.2 Å². The molecule has 0 saturated heterocycles. The maximum atomic E-state index is 12.3. The summed E-state index contributed by atoms with van der Waals surface area (Å²) in [5, 5.41) is 0. The summed E-state index contributed by atoms with van der Waals surface area (Å²) in [4.78, 5) is 7.82. The molecule has 0 spiro atoms. The van der Waals surface area contributed by atoms with Gasteiger partial charge in [-0.25, -0.2) is 4.98 Å². The Balaban J connectivity index is 3.02. The Labute approximate surface area is 97.0 Å². The molecule has 0 bridgehead atoms. The number of aromatic nitrogens is 2. The number of anilines is 1. The first kappa shape index (κ1) is 13.5. The second-order valence-corrected chi connectivity index (χ2v) is 3.61. The summed E-state index contributed by atoms with van der Waals surface area (Å²) in [7, 11) is 0. The van der Waals surface area contributed by atoms with Gasteiger partial charge in [0.2, 0.25) is 5.88 Å². The fraction of sp³-hybridized carbons (Fsp3) is 0.600. The molecule has 0 saturated carbocycles. The molecule has 1 atom stereocenters. The minimum absolute atomic E-state index is 0.112. The number of rotatable bonds is 3. The second kappa shape index (κ2) is 4.77. The molecular weight excluding hydrogens is 235 g/mol. The molecular formula is C10H14F3N3O. The van der Waals surface area contributed by atoms with Gasteiger partial charge in [0.1, 0.15) is 11.6 Å². The Hall–Kier alpha value is -1.53. The van der Waals surface area contributed by atoms with Gasteiger partial charge in [0, 0.05) is 6.42 Å². The van der Waals surface area contributed by atoms with Crippen molar-refractivity contribution in [2.45, 2.75) is 39.5 Å². The van der Waals surface area contributed by atoms with Crippen LogP contribution in [0.15, 0.2) is 0 Å². The normalized spacial score (nSPS) is 13.5. The Kier molecular flexibility index (Phi) is 3.79. The lowest BCUT2D eigenvalue weighted by molar-refractivity contribution is -0.190. The van der Waals surface area contributed by atoms with Crippen molar-refractivity contribution in [3.8, 4) is 5.88 Å². The van der Waals surface area contributed by atoms with Crippen LogP contribution in [-0.4, -0.2) is 22.2 Å². The Morgan fingerprint density at radius 2 is 1.94 bits per heavy atom. The number of aryl methyl sites for hydroxylation is 1. The van der Waals surface area contributed by atoms with E-state index >= 15 is 0 Å². The summed E-state index contributed by atoms with van der Waals surface area (Å²) in [6, 6.07) is 0. The Morgan fingerprint density at radius 1 is 1.35 bits per heavy atom. The minimum atomic E-state index is -4.43. The Morgan fingerprint density at radius 3 is 2.41 bits per heavy atom. The van der Waals surface area contributed by atoms with Gasteiger partial charge >= 0.3 is 6.18 Å². The highest BCUT2D eigenvalue weighted by atomic mass is 19.4. The van der Waals surface area contributed by atoms with Gasteiger partial charge in [-0.3, -0.25) is 0 Å². The van der Waals surface area contributed by atoms with Crippen LogP contribution in [0.2, 0.25) is 0 Å². The van der Waals surface area contributed by atoms with Gasteiger partial charge in [-0.1, -0.05) is 6.92 Å². The summed E-state index contributed by atoms with van der Waals surface area (Å²) >= 11 is 0. The molecule has 0 radical (unpaired) electrons. The molecule has 17 heavy (non-hydrogen) atoms. The number of ether oxygens (including phenoxy) is 1. The topological polar surface area (TPSA) is 61.0 Å². The SMILES string of the molecule is CCc1nc(N)c(C)c(OC(C)C(F)(F)F)n1. The summed E-state index contributed by atoms with van der Waals surface area (Å²) in [6.45, 7) is 4.22. The first-order valence-electron chi connectivity index (χ1n) is 5.12. The molecule has 0 amide bonds. The van der Waals surface area contributed by atoms with E-state index in [4.69, 9.17) is 10.5 Å². The fourth-order valence-corrected chi connectivity index (χ4v) is 1.07. The third-order valence-electron chi connectivity index (χ3n) is 2.25. The summed E-state index contributed by atoms with van der Waals surface area (Å²) in [5.74, 6) is 0.387. The van der Waals surface area contributed by atoms with Crippen molar-refractivity contribution in [1.82, 2.24) is 9.97 Å². The van der Waals surface area contributed by atoms with Crippen molar-refractivity contribution >= 4 is 5.82 Å². The predicted molar refractivity (Wildman–Crippen MR) is 56.7 cm³/mol. The van der Waals surface area contributed by atoms with Crippen molar-refractivity contribution in [3.05, 3.63) is 11.4 Å². The number of hydrogen-bond donors (Lipinski definition) is 1. The number of halogens is 3. The number of nitrogen functional groups attached to an aromatic ring is 1. The average molecular weight is 249 g/mol. The highest BCUT2D eigenvalue weighted by Crippen LogP contribution is 2.27. The molecule has 4 nitrogen and oxygen atoms in total. The molecule has 2 N–H and O–H groups in total. The van der Waals surface area contributed by atoms with Crippen molar-refractivity contribution in [1.29, 1.82) is 0 Å². The van der Waals surface area contributed by atoms with Crippen LogP contribution in [-0.2, 0) is 6.42 Å². The van der Waals surface area contributed by atoms with Crippen molar-refractivity contribution in [2.75, 3.05) is 5.73 Å². The molecule has 0 aliphatic rings. The first-order chi connectivity index (χ1) is 7.75. The third kappa shape index (κ3) is 3.21. The Bertz CT molecular complexity index is 407. The molecule has 1 heterocycles. The number of nitrogens with two attached hydrogens (primary N) is 1. The molecule has 1 rings (SSSR count). The maximum Gasteiger partial charge on any atom is 0.425 e. The molecule has 96 valence electrons. The summed E-state index contributed by atoms with van der Waals surface area (Å²) < 4.78 is 41.8. The molecule has 1 unspecified atom stereocenters. The number of alkyl halides is 3. The second-order valence-electron chi connectivity index (χ2n) is 3.61. The van der Waals surface area contributed by atoms with Gasteiger partial charge in [-0.15, -0.1) is 0 Å². The molecule has 0 fully saturated rings. The van der Waals surface area contributed by atoms with Crippen LogP contribution in [0.25, 0.3) is 0 Å². The van der Waals surface area contributed by atoms with Crippen molar-refractivity contribution in [2.24, 2.45) is 0 Å². The smallest absolute Gasteiger partial charge is 0.425 e.